The third-order valence-corrected chi connectivity index (χ3v) is 5.04. The number of nitrogens with two attached hydrogens (primary N) is 1. The minimum absolute atomic E-state index is 0.0163. The summed E-state index contributed by atoms with van der Waals surface area (Å²) in [5.74, 6) is 0.810. The number of pyridine rings is 1. The first-order chi connectivity index (χ1) is 11.2. The average molecular weight is 319 g/mol. The standard InChI is InChI=1S/C17H25N3O3/c1-22-17-13(3-2-7-19-17)11-20-8-4-12(5-9-20)15-14(16(18)21)6-10-23-15/h2-3,7,12,14-15H,4-6,8-11H2,1H3,(H2,18,21)/t14-,15+/m0/s1. The fraction of sp³-hybridized carbons (Fsp3) is 0.647. The zero-order valence-corrected chi connectivity index (χ0v) is 13.6. The first kappa shape index (κ1) is 16.2. The lowest BCUT2D eigenvalue weighted by molar-refractivity contribution is -0.124. The minimum Gasteiger partial charge on any atom is -0.481 e. The molecule has 0 radical (unpaired) electrons. The molecule has 2 aliphatic heterocycles. The number of hydrogen-bond donors (Lipinski definition) is 1. The van der Waals surface area contributed by atoms with Crippen molar-refractivity contribution in [2.24, 2.45) is 17.6 Å². The summed E-state index contributed by atoms with van der Waals surface area (Å²) in [6.45, 7) is 3.49. The zero-order chi connectivity index (χ0) is 16.2. The van der Waals surface area contributed by atoms with E-state index in [1.807, 2.05) is 6.07 Å². The summed E-state index contributed by atoms with van der Waals surface area (Å²) in [6, 6.07) is 4.00. The number of ether oxygens (including phenoxy) is 2. The van der Waals surface area contributed by atoms with Crippen LogP contribution in [0.15, 0.2) is 18.3 Å². The smallest absolute Gasteiger partial charge is 0.223 e. The molecule has 3 rings (SSSR count). The summed E-state index contributed by atoms with van der Waals surface area (Å²) in [5.41, 5.74) is 6.62. The molecule has 1 amide bonds. The van der Waals surface area contributed by atoms with Crippen molar-refractivity contribution in [1.29, 1.82) is 0 Å². The van der Waals surface area contributed by atoms with Crippen LogP contribution in [-0.4, -0.2) is 48.7 Å². The fourth-order valence-electron chi connectivity index (χ4n) is 3.79. The highest BCUT2D eigenvalue weighted by molar-refractivity contribution is 5.77. The van der Waals surface area contributed by atoms with E-state index in [2.05, 4.69) is 16.0 Å². The molecule has 1 aromatic rings. The molecule has 0 aromatic carbocycles. The number of methoxy groups -OCH3 is 1. The van der Waals surface area contributed by atoms with Crippen molar-refractivity contribution in [3.05, 3.63) is 23.9 Å². The molecule has 0 unspecified atom stereocenters. The van der Waals surface area contributed by atoms with Crippen molar-refractivity contribution in [3.63, 3.8) is 0 Å². The normalized spacial score (nSPS) is 26.3. The van der Waals surface area contributed by atoms with Gasteiger partial charge in [-0.25, -0.2) is 4.98 Å². The van der Waals surface area contributed by atoms with Gasteiger partial charge in [-0.05, 0) is 44.3 Å². The predicted octanol–water partition coefficient (Wildman–Crippen LogP) is 1.19. The number of aromatic nitrogens is 1. The molecule has 6 heteroatoms. The van der Waals surface area contributed by atoms with Crippen LogP contribution >= 0.6 is 0 Å². The van der Waals surface area contributed by atoms with Crippen molar-refractivity contribution in [2.45, 2.75) is 31.9 Å². The Balaban J connectivity index is 1.55. The number of amides is 1. The maximum absolute atomic E-state index is 11.5. The Morgan fingerprint density at radius 2 is 2.22 bits per heavy atom. The van der Waals surface area contributed by atoms with Crippen molar-refractivity contribution < 1.29 is 14.3 Å². The van der Waals surface area contributed by atoms with Crippen LogP contribution in [0.4, 0.5) is 0 Å². The van der Waals surface area contributed by atoms with Gasteiger partial charge >= 0.3 is 0 Å². The Kier molecular flexibility index (Phi) is 5.13. The molecular weight excluding hydrogens is 294 g/mol. The van der Waals surface area contributed by atoms with Crippen molar-refractivity contribution in [2.75, 3.05) is 26.8 Å². The monoisotopic (exact) mass is 319 g/mol. The lowest BCUT2D eigenvalue weighted by atomic mass is 9.84. The van der Waals surface area contributed by atoms with Gasteiger partial charge in [0.25, 0.3) is 0 Å². The van der Waals surface area contributed by atoms with Crippen molar-refractivity contribution in [1.82, 2.24) is 9.88 Å². The van der Waals surface area contributed by atoms with E-state index in [1.54, 1.807) is 13.3 Å². The molecule has 6 nitrogen and oxygen atoms in total. The highest BCUT2D eigenvalue weighted by atomic mass is 16.5. The second-order valence-electron chi connectivity index (χ2n) is 6.42. The molecule has 2 saturated heterocycles. The lowest BCUT2D eigenvalue weighted by Crippen LogP contribution is -2.41. The Hall–Kier alpha value is -1.66. The van der Waals surface area contributed by atoms with Gasteiger partial charge in [-0.15, -0.1) is 0 Å². The molecule has 0 spiro atoms. The molecule has 23 heavy (non-hydrogen) atoms. The topological polar surface area (TPSA) is 77.7 Å². The fourth-order valence-corrected chi connectivity index (χ4v) is 3.79. The molecule has 2 fully saturated rings. The van der Waals surface area contributed by atoms with Crippen LogP contribution in [0.5, 0.6) is 5.88 Å². The summed E-state index contributed by atoms with van der Waals surface area (Å²) in [5, 5.41) is 0. The summed E-state index contributed by atoms with van der Waals surface area (Å²) < 4.78 is 11.1. The molecular formula is C17H25N3O3. The molecule has 2 aliphatic rings. The number of carbonyl (C=O) groups is 1. The number of primary amides is 1. The van der Waals surface area contributed by atoms with Gasteiger partial charge in [-0.1, -0.05) is 6.07 Å². The van der Waals surface area contributed by atoms with Gasteiger partial charge in [0.1, 0.15) is 0 Å². The van der Waals surface area contributed by atoms with Crippen LogP contribution in [0.1, 0.15) is 24.8 Å². The van der Waals surface area contributed by atoms with E-state index in [0.717, 1.165) is 44.5 Å². The second kappa shape index (κ2) is 7.27. The summed E-state index contributed by atoms with van der Waals surface area (Å²) in [7, 11) is 1.65. The third kappa shape index (κ3) is 3.64. The van der Waals surface area contributed by atoms with Gasteiger partial charge < -0.3 is 15.2 Å². The number of nitrogens with zero attached hydrogens (tertiary/aromatic N) is 2. The van der Waals surface area contributed by atoms with Gasteiger partial charge in [-0.2, -0.15) is 0 Å². The SMILES string of the molecule is COc1ncccc1CN1CCC([C@H]2OCC[C@@H]2C(N)=O)CC1. The third-order valence-electron chi connectivity index (χ3n) is 5.04. The molecule has 2 N–H and O–H groups in total. The van der Waals surface area contributed by atoms with Crippen molar-refractivity contribution >= 4 is 5.91 Å². The molecule has 0 bridgehead atoms. The first-order valence-electron chi connectivity index (χ1n) is 8.30. The van der Waals surface area contributed by atoms with E-state index in [-0.39, 0.29) is 17.9 Å². The number of rotatable bonds is 5. The predicted molar refractivity (Wildman–Crippen MR) is 85.8 cm³/mol. The van der Waals surface area contributed by atoms with Gasteiger partial charge in [0.2, 0.25) is 11.8 Å². The number of carbonyl (C=O) groups excluding carboxylic acids is 1. The largest absolute Gasteiger partial charge is 0.481 e. The zero-order valence-electron chi connectivity index (χ0n) is 13.6. The summed E-state index contributed by atoms with van der Waals surface area (Å²) in [4.78, 5) is 18.2. The number of piperidine rings is 1. The van der Waals surface area contributed by atoms with E-state index in [9.17, 15) is 4.79 Å². The minimum atomic E-state index is -0.213. The Bertz CT molecular complexity index is 544. The lowest BCUT2D eigenvalue weighted by Gasteiger charge is -2.35. The Morgan fingerprint density at radius 1 is 1.43 bits per heavy atom. The first-order valence-corrected chi connectivity index (χ1v) is 8.30. The van der Waals surface area contributed by atoms with Crippen LogP contribution in [0.3, 0.4) is 0 Å². The quantitative estimate of drug-likeness (QED) is 0.882. The maximum Gasteiger partial charge on any atom is 0.223 e. The number of likely N-dealkylation sites (tertiary alicyclic amines) is 1. The second-order valence-corrected chi connectivity index (χ2v) is 6.42. The Labute approximate surface area is 137 Å². The molecule has 3 heterocycles. The molecule has 126 valence electrons. The van der Waals surface area contributed by atoms with E-state index < -0.39 is 0 Å². The van der Waals surface area contributed by atoms with Gasteiger partial charge in [0.05, 0.1) is 19.1 Å². The van der Waals surface area contributed by atoms with Crippen LogP contribution in [-0.2, 0) is 16.1 Å². The van der Waals surface area contributed by atoms with Crippen LogP contribution in [0.25, 0.3) is 0 Å². The van der Waals surface area contributed by atoms with E-state index in [4.69, 9.17) is 15.2 Å². The van der Waals surface area contributed by atoms with Gasteiger partial charge in [0.15, 0.2) is 0 Å². The molecule has 2 atom stereocenters. The summed E-state index contributed by atoms with van der Waals surface area (Å²) in [6.07, 6.45) is 4.61. The van der Waals surface area contributed by atoms with E-state index in [0.29, 0.717) is 18.4 Å². The van der Waals surface area contributed by atoms with Crippen LogP contribution in [0.2, 0.25) is 0 Å². The maximum atomic E-state index is 11.5. The van der Waals surface area contributed by atoms with E-state index in [1.165, 1.54) is 0 Å². The van der Waals surface area contributed by atoms with Crippen LogP contribution < -0.4 is 10.5 Å². The van der Waals surface area contributed by atoms with Crippen LogP contribution in [0, 0.1) is 11.8 Å². The molecule has 1 aromatic heterocycles. The molecule has 0 aliphatic carbocycles. The highest BCUT2D eigenvalue weighted by Crippen LogP contribution is 2.33. The van der Waals surface area contributed by atoms with Gasteiger partial charge in [0, 0.05) is 24.9 Å². The summed E-state index contributed by atoms with van der Waals surface area (Å²) >= 11 is 0. The number of hydrogen-bond acceptors (Lipinski definition) is 5. The van der Waals surface area contributed by atoms with Crippen molar-refractivity contribution in [3.8, 4) is 5.88 Å². The van der Waals surface area contributed by atoms with Gasteiger partial charge in [-0.3, -0.25) is 9.69 Å². The molecule has 0 saturated carbocycles. The Morgan fingerprint density at radius 3 is 2.91 bits per heavy atom. The van der Waals surface area contributed by atoms with E-state index >= 15 is 0 Å². The average Bonchev–Trinajstić information content (AvgIpc) is 3.06. The highest BCUT2D eigenvalue weighted by Gasteiger charge is 2.39.